The first-order valence-corrected chi connectivity index (χ1v) is 6.86. The third-order valence-electron chi connectivity index (χ3n) is 3.45. The zero-order valence-corrected chi connectivity index (χ0v) is 12.2. The summed E-state index contributed by atoms with van der Waals surface area (Å²) in [6, 6.07) is 14.1. The molecule has 3 N–H and O–H groups in total. The lowest BCUT2D eigenvalue weighted by Gasteiger charge is -2.14. The van der Waals surface area contributed by atoms with E-state index in [9.17, 15) is 14.9 Å². The lowest BCUT2D eigenvalue weighted by Crippen LogP contribution is -2.13. The summed E-state index contributed by atoms with van der Waals surface area (Å²) in [5, 5.41) is 14.2. The number of amides is 1. The molecule has 0 fully saturated rings. The second kappa shape index (κ2) is 6.71. The van der Waals surface area contributed by atoms with Gasteiger partial charge in [-0.3, -0.25) is 14.9 Å². The molecule has 0 aliphatic rings. The maximum atomic E-state index is 11.1. The lowest BCUT2D eigenvalue weighted by molar-refractivity contribution is -0.384. The van der Waals surface area contributed by atoms with Crippen LogP contribution in [0.4, 0.5) is 11.4 Å². The number of nitro groups is 1. The summed E-state index contributed by atoms with van der Waals surface area (Å²) < 4.78 is 0. The smallest absolute Gasteiger partial charge is 0.293 e. The van der Waals surface area contributed by atoms with E-state index in [0.29, 0.717) is 12.2 Å². The van der Waals surface area contributed by atoms with Gasteiger partial charge < -0.3 is 11.1 Å². The fourth-order valence-electron chi connectivity index (χ4n) is 2.15. The second-order valence-electron chi connectivity index (χ2n) is 5.05. The summed E-state index contributed by atoms with van der Waals surface area (Å²) in [5.41, 5.74) is 6.63. The van der Waals surface area contributed by atoms with Crippen molar-refractivity contribution in [1.82, 2.24) is 0 Å². The lowest BCUT2D eigenvalue weighted by atomic mass is 10.0. The number of rotatable bonds is 6. The molecule has 0 unspecified atom stereocenters. The van der Waals surface area contributed by atoms with Gasteiger partial charge in [0.1, 0.15) is 5.69 Å². The molecule has 0 saturated heterocycles. The Hall–Kier alpha value is -2.89. The first kappa shape index (κ1) is 15.5. The van der Waals surface area contributed by atoms with E-state index in [1.165, 1.54) is 18.2 Å². The summed E-state index contributed by atoms with van der Waals surface area (Å²) in [5.74, 6) is -0.496. The van der Waals surface area contributed by atoms with Crippen molar-refractivity contribution < 1.29 is 9.72 Å². The maximum Gasteiger partial charge on any atom is 0.293 e. The van der Waals surface area contributed by atoms with Crippen molar-refractivity contribution >= 4 is 17.3 Å². The zero-order valence-electron chi connectivity index (χ0n) is 12.2. The standard InChI is InChI=1S/C16H17N3O3/c1-11(12-5-3-2-4-6-12)10-18-14-8-7-13(16(17)20)9-15(14)19(21)22/h2-9,11,18H,10H2,1H3,(H2,17,20)/t11-/m1/s1. The molecule has 6 nitrogen and oxygen atoms in total. The highest BCUT2D eigenvalue weighted by molar-refractivity contribution is 5.94. The zero-order chi connectivity index (χ0) is 16.1. The van der Waals surface area contributed by atoms with Gasteiger partial charge in [0.25, 0.3) is 5.69 Å². The molecule has 0 saturated carbocycles. The third kappa shape index (κ3) is 3.60. The molecule has 1 amide bonds. The Morgan fingerprint density at radius 2 is 1.95 bits per heavy atom. The van der Waals surface area contributed by atoms with Gasteiger partial charge in [0, 0.05) is 18.2 Å². The van der Waals surface area contributed by atoms with E-state index in [1.807, 2.05) is 37.3 Å². The minimum Gasteiger partial charge on any atom is -0.379 e. The second-order valence-corrected chi connectivity index (χ2v) is 5.05. The number of anilines is 1. The quantitative estimate of drug-likeness (QED) is 0.633. The number of nitrogens with one attached hydrogen (secondary N) is 1. The van der Waals surface area contributed by atoms with Crippen molar-refractivity contribution in [3.8, 4) is 0 Å². The van der Waals surface area contributed by atoms with Crippen molar-refractivity contribution in [2.45, 2.75) is 12.8 Å². The summed E-state index contributed by atoms with van der Waals surface area (Å²) in [6.07, 6.45) is 0. The van der Waals surface area contributed by atoms with E-state index < -0.39 is 10.8 Å². The van der Waals surface area contributed by atoms with E-state index in [4.69, 9.17) is 5.73 Å². The number of benzene rings is 2. The molecule has 6 heteroatoms. The fraction of sp³-hybridized carbons (Fsp3) is 0.188. The average Bonchev–Trinajstić information content (AvgIpc) is 2.53. The van der Waals surface area contributed by atoms with Gasteiger partial charge in [-0.25, -0.2) is 0 Å². The molecular formula is C16H17N3O3. The number of nitro benzene ring substituents is 1. The van der Waals surface area contributed by atoms with Crippen LogP contribution in [0.15, 0.2) is 48.5 Å². The molecule has 2 aromatic carbocycles. The number of hydrogen-bond donors (Lipinski definition) is 2. The van der Waals surface area contributed by atoms with Gasteiger partial charge in [0.2, 0.25) is 5.91 Å². The van der Waals surface area contributed by atoms with E-state index >= 15 is 0 Å². The number of nitrogens with two attached hydrogens (primary N) is 1. The van der Waals surface area contributed by atoms with Gasteiger partial charge in [0.15, 0.2) is 0 Å². The van der Waals surface area contributed by atoms with Crippen LogP contribution in [0.2, 0.25) is 0 Å². The number of carbonyl (C=O) groups is 1. The Bertz CT molecular complexity index is 686. The Morgan fingerprint density at radius 1 is 1.27 bits per heavy atom. The molecule has 0 bridgehead atoms. The van der Waals surface area contributed by atoms with Crippen molar-refractivity contribution in [1.29, 1.82) is 0 Å². The predicted octanol–water partition coefficient (Wildman–Crippen LogP) is 2.91. The summed E-state index contributed by atoms with van der Waals surface area (Å²) in [6.45, 7) is 2.58. The monoisotopic (exact) mass is 299 g/mol. The van der Waals surface area contributed by atoms with Gasteiger partial charge in [-0.1, -0.05) is 37.3 Å². The minimum atomic E-state index is -0.688. The van der Waals surface area contributed by atoms with Crippen LogP contribution in [-0.4, -0.2) is 17.4 Å². The third-order valence-corrected chi connectivity index (χ3v) is 3.45. The Labute approximate surface area is 128 Å². The molecule has 0 aliphatic carbocycles. The number of carbonyl (C=O) groups excluding carboxylic acids is 1. The van der Waals surface area contributed by atoms with E-state index in [-0.39, 0.29) is 17.2 Å². The largest absolute Gasteiger partial charge is 0.379 e. The topological polar surface area (TPSA) is 98.3 Å². The highest BCUT2D eigenvalue weighted by Gasteiger charge is 2.17. The fourth-order valence-corrected chi connectivity index (χ4v) is 2.15. The van der Waals surface area contributed by atoms with E-state index in [1.54, 1.807) is 0 Å². The average molecular weight is 299 g/mol. The molecule has 0 spiro atoms. The van der Waals surface area contributed by atoms with Crippen LogP contribution in [0, 0.1) is 10.1 Å². The van der Waals surface area contributed by atoms with Gasteiger partial charge in [0.05, 0.1) is 4.92 Å². The van der Waals surface area contributed by atoms with Gasteiger partial charge in [-0.2, -0.15) is 0 Å². The molecular weight excluding hydrogens is 282 g/mol. The molecule has 114 valence electrons. The molecule has 0 aromatic heterocycles. The van der Waals surface area contributed by atoms with Crippen LogP contribution in [0.1, 0.15) is 28.8 Å². The highest BCUT2D eigenvalue weighted by atomic mass is 16.6. The van der Waals surface area contributed by atoms with Crippen molar-refractivity contribution in [3.05, 3.63) is 69.8 Å². The first-order valence-electron chi connectivity index (χ1n) is 6.86. The van der Waals surface area contributed by atoms with E-state index in [0.717, 1.165) is 5.56 Å². The summed E-state index contributed by atoms with van der Waals surface area (Å²) in [7, 11) is 0. The molecule has 0 aliphatic heterocycles. The van der Waals surface area contributed by atoms with Crippen LogP contribution >= 0.6 is 0 Å². The minimum absolute atomic E-state index is 0.119. The number of hydrogen-bond acceptors (Lipinski definition) is 4. The number of primary amides is 1. The van der Waals surface area contributed by atoms with Crippen LogP contribution < -0.4 is 11.1 Å². The predicted molar refractivity (Wildman–Crippen MR) is 85.0 cm³/mol. The Morgan fingerprint density at radius 3 is 2.55 bits per heavy atom. The summed E-state index contributed by atoms with van der Waals surface area (Å²) >= 11 is 0. The van der Waals surface area contributed by atoms with Crippen molar-refractivity contribution in [2.24, 2.45) is 5.73 Å². The van der Waals surface area contributed by atoms with Crippen LogP contribution in [0.25, 0.3) is 0 Å². The van der Waals surface area contributed by atoms with Gasteiger partial charge in [-0.15, -0.1) is 0 Å². The van der Waals surface area contributed by atoms with Crippen molar-refractivity contribution in [2.75, 3.05) is 11.9 Å². The molecule has 2 aromatic rings. The molecule has 0 radical (unpaired) electrons. The van der Waals surface area contributed by atoms with Crippen LogP contribution in [0.5, 0.6) is 0 Å². The molecule has 22 heavy (non-hydrogen) atoms. The normalized spacial score (nSPS) is 11.7. The van der Waals surface area contributed by atoms with Gasteiger partial charge in [-0.05, 0) is 23.6 Å². The number of nitrogens with zero attached hydrogens (tertiary/aromatic N) is 1. The van der Waals surface area contributed by atoms with Crippen LogP contribution in [0.3, 0.4) is 0 Å². The molecule has 0 heterocycles. The Balaban J connectivity index is 2.15. The highest BCUT2D eigenvalue weighted by Crippen LogP contribution is 2.26. The van der Waals surface area contributed by atoms with E-state index in [2.05, 4.69) is 5.32 Å². The summed E-state index contributed by atoms with van der Waals surface area (Å²) in [4.78, 5) is 21.7. The first-order chi connectivity index (χ1) is 10.5. The maximum absolute atomic E-state index is 11.1. The SMILES string of the molecule is C[C@H](CNc1ccc(C(N)=O)cc1[N+](=O)[O-])c1ccccc1. The van der Waals surface area contributed by atoms with Crippen LogP contribution in [-0.2, 0) is 0 Å². The van der Waals surface area contributed by atoms with Crippen molar-refractivity contribution in [3.63, 3.8) is 0 Å². The Kier molecular flexibility index (Phi) is 4.73. The molecule has 2 rings (SSSR count). The molecule has 1 atom stereocenters. The van der Waals surface area contributed by atoms with Gasteiger partial charge >= 0.3 is 0 Å².